The zero-order valence-electron chi connectivity index (χ0n) is 3.83. The molecule has 6 nitrogen and oxygen atoms in total. The van der Waals surface area contributed by atoms with E-state index in [2.05, 4.69) is 20.6 Å². The number of rotatable bonds is 1. The number of hydrogen-bond acceptors (Lipinski definition) is 4. The van der Waals surface area contributed by atoms with Crippen LogP contribution in [0.3, 0.4) is 0 Å². The minimum Gasteiger partial charge on any atom is -0.363 e. The van der Waals surface area contributed by atoms with Crippen molar-refractivity contribution in [1.29, 1.82) is 0 Å². The summed E-state index contributed by atoms with van der Waals surface area (Å²) in [6.07, 6.45) is 0. The number of aromatic amines is 1. The molecule has 1 rings (SSSR count). The topological polar surface area (TPSA) is 97.5 Å². The lowest BCUT2D eigenvalue weighted by Crippen LogP contribution is -2.12. The molecule has 8 heavy (non-hydrogen) atoms. The lowest BCUT2D eigenvalue weighted by Gasteiger charge is -1.75. The summed E-state index contributed by atoms with van der Waals surface area (Å²) >= 11 is 0. The minimum atomic E-state index is -0.682. The molecule has 0 bridgehead atoms. The van der Waals surface area contributed by atoms with Crippen LogP contribution in [0.1, 0.15) is 10.6 Å². The maximum Gasteiger partial charge on any atom is 0.290 e. The van der Waals surface area contributed by atoms with Crippen LogP contribution < -0.4 is 5.73 Å². The Kier molecular flexibility index (Phi) is 0.918. The Hall–Kier alpha value is -1.46. The molecule has 0 saturated carbocycles. The second-order valence-corrected chi connectivity index (χ2v) is 1.10. The molecular formula is C2H3N5O. The Morgan fingerprint density at radius 2 is 2.50 bits per heavy atom. The monoisotopic (exact) mass is 113 g/mol. The molecule has 0 aliphatic heterocycles. The lowest BCUT2D eigenvalue weighted by atomic mass is 10.6. The van der Waals surface area contributed by atoms with Crippen LogP contribution in [0.2, 0.25) is 0 Å². The van der Waals surface area contributed by atoms with Gasteiger partial charge in [0.25, 0.3) is 11.7 Å². The van der Waals surface area contributed by atoms with E-state index in [4.69, 9.17) is 5.73 Å². The number of primary amides is 1. The van der Waals surface area contributed by atoms with Gasteiger partial charge in [-0.3, -0.25) is 4.79 Å². The van der Waals surface area contributed by atoms with E-state index in [1.807, 2.05) is 0 Å². The highest BCUT2D eigenvalue weighted by Crippen LogP contribution is 1.75. The van der Waals surface area contributed by atoms with E-state index in [-0.39, 0.29) is 5.82 Å². The fourth-order valence-corrected chi connectivity index (χ4v) is 0.266. The molecule has 0 saturated heterocycles. The first-order valence-electron chi connectivity index (χ1n) is 1.84. The average molecular weight is 113 g/mol. The van der Waals surface area contributed by atoms with Crippen molar-refractivity contribution in [2.24, 2.45) is 5.73 Å². The molecule has 0 unspecified atom stereocenters. The van der Waals surface area contributed by atoms with Crippen LogP contribution in [-0.4, -0.2) is 26.5 Å². The predicted molar refractivity (Wildman–Crippen MR) is 22.7 cm³/mol. The van der Waals surface area contributed by atoms with E-state index in [1.54, 1.807) is 0 Å². The lowest BCUT2D eigenvalue weighted by molar-refractivity contribution is 0.0990. The number of H-pyrrole nitrogens is 1. The van der Waals surface area contributed by atoms with Crippen LogP contribution in [-0.2, 0) is 0 Å². The molecule has 0 aromatic carbocycles. The minimum absolute atomic E-state index is 0.0926. The first-order chi connectivity index (χ1) is 3.80. The van der Waals surface area contributed by atoms with Gasteiger partial charge in [0.05, 0.1) is 0 Å². The van der Waals surface area contributed by atoms with Crippen LogP contribution in [0.15, 0.2) is 0 Å². The molecule has 1 aromatic rings. The summed E-state index contributed by atoms with van der Waals surface area (Å²) in [5.74, 6) is -0.774. The largest absolute Gasteiger partial charge is 0.363 e. The van der Waals surface area contributed by atoms with Gasteiger partial charge in [-0.25, -0.2) is 0 Å². The van der Waals surface area contributed by atoms with Crippen molar-refractivity contribution in [3.05, 3.63) is 5.82 Å². The van der Waals surface area contributed by atoms with Gasteiger partial charge in [0, 0.05) is 0 Å². The first-order valence-corrected chi connectivity index (χ1v) is 1.84. The molecule has 1 heterocycles. The summed E-state index contributed by atoms with van der Waals surface area (Å²) in [4.78, 5) is 10.1. The summed E-state index contributed by atoms with van der Waals surface area (Å²) in [7, 11) is 0. The van der Waals surface area contributed by atoms with Gasteiger partial charge >= 0.3 is 0 Å². The van der Waals surface area contributed by atoms with Crippen molar-refractivity contribution in [3.63, 3.8) is 0 Å². The molecule has 6 heteroatoms. The SMILES string of the molecule is NC(=O)c1nn[nH]n1. The van der Waals surface area contributed by atoms with Gasteiger partial charge in [0.15, 0.2) is 0 Å². The zero-order chi connectivity index (χ0) is 5.98. The fourth-order valence-electron chi connectivity index (χ4n) is 0.266. The molecule has 1 aromatic heterocycles. The normalized spacial score (nSPS) is 9.00. The quantitative estimate of drug-likeness (QED) is 0.453. The zero-order valence-corrected chi connectivity index (χ0v) is 3.83. The summed E-state index contributed by atoms with van der Waals surface area (Å²) < 4.78 is 0. The van der Waals surface area contributed by atoms with E-state index < -0.39 is 5.91 Å². The summed E-state index contributed by atoms with van der Waals surface area (Å²) in [5.41, 5.74) is 4.73. The van der Waals surface area contributed by atoms with E-state index in [1.165, 1.54) is 0 Å². The molecule has 0 atom stereocenters. The predicted octanol–water partition coefficient (Wildman–Crippen LogP) is -1.70. The number of tetrazole rings is 1. The number of hydrogen-bond donors (Lipinski definition) is 2. The van der Waals surface area contributed by atoms with E-state index in [9.17, 15) is 4.79 Å². The van der Waals surface area contributed by atoms with Crippen molar-refractivity contribution >= 4 is 5.91 Å². The molecule has 0 radical (unpaired) electrons. The molecule has 0 aliphatic carbocycles. The van der Waals surface area contributed by atoms with E-state index in [0.717, 1.165) is 0 Å². The van der Waals surface area contributed by atoms with E-state index >= 15 is 0 Å². The number of aromatic nitrogens is 4. The number of nitrogens with zero attached hydrogens (tertiary/aromatic N) is 3. The van der Waals surface area contributed by atoms with Gasteiger partial charge < -0.3 is 5.73 Å². The number of carbonyl (C=O) groups is 1. The summed E-state index contributed by atoms with van der Waals surface area (Å²) in [6, 6.07) is 0. The third-order valence-corrected chi connectivity index (χ3v) is 0.566. The van der Waals surface area contributed by atoms with E-state index in [0.29, 0.717) is 0 Å². The third kappa shape index (κ3) is 0.625. The Morgan fingerprint density at radius 3 is 2.75 bits per heavy atom. The molecular weight excluding hydrogens is 110 g/mol. The maximum atomic E-state index is 10.1. The number of amides is 1. The number of nitrogens with one attached hydrogen (secondary N) is 1. The van der Waals surface area contributed by atoms with Crippen molar-refractivity contribution in [1.82, 2.24) is 20.6 Å². The molecule has 0 fully saturated rings. The Balaban J connectivity index is 2.93. The second-order valence-electron chi connectivity index (χ2n) is 1.10. The average Bonchev–Trinajstić information content (AvgIpc) is 2.12. The van der Waals surface area contributed by atoms with Crippen molar-refractivity contribution < 1.29 is 4.79 Å². The maximum absolute atomic E-state index is 10.1. The molecule has 0 aliphatic rings. The third-order valence-electron chi connectivity index (χ3n) is 0.566. The highest BCUT2D eigenvalue weighted by molar-refractivity contribution is 5.88. The fraction of sp³-hybridized carbons (Fsp3) is 0. The van der Waals surface area contributed by atoms with Crippen molar-refractivity contribution in [2.45, 2.75) is 0 Å². The van der Waals surface area contributed by atoms with Gasteiger partial charge in [-0.05, 0) is 5.21 Å². The Labute approximate surface area is 44.1 Å². The summed E-state index contributed by atoms with van der Waals surface area (Å²) in [6.45, 7) is 0. The van der Waals surface area contributed by atoms with Crippen molar-refractivity contribution in [3.8, 4) is 0 Å². The van der Waals surface area contributed by atoms with Crippen molar-refractivity contribution in [2.75, 3.05) is 0 Å². The molecule has 0 spiro atoms. The standard InChI is InChI=1S/C2H3N5O/c3-1(8)2-4-6-7-5-2/h(H2,3,8)(H,4,5,6,7). The van der Waals surface area contributed by atoms with Crippen LogP contribution in [0.5, 0.6) is 0 Å². The van der Waals surface area contributed by atoms with Gasteiger partial charge in [0.2, 0.25) is 0 Å². The van der Waals surface area contributed by atoms with Crippen LogP contribution >= 0.6 is 0 Å². The molecule has 1 amide bonds. The molecule has 3 N–H and O–H groups in total. The first kappa shape index (κ1) is 4.69. The van der Waals surface area contributed by atoms with Gasteiger partial charge in [-0.2, -0.15) is 5.21 Å². The van der Waals surface area contributed by atoms with Crippen LogP contribution in [0.25, 0.3) is 0 Å². The number of nitrogens with two attached hydrogens (primary N) is 1. The van der Waals surface area contributed by atoms with Gasteiger partial charge in [-0.15, -0.1) is 10.2 Å². The molecule has 42 valence electrons. The highest BCUT2D eigenvalue weighted by Gasteiger charge is 2.01. The Morgan fingerprint density at radius 1 is 1.75 bits per heavy atom. The summed E-state index contributed by atoms with van der Waals surface area (Å²) in [5, 5.41) is 11.8. The second kappa shape index (κ2) is 1.57. The van der Waals surface area contributed by atoms with Gasteiger partial charge in [0.1, 0.15) is 0 Å². The van der Waals surface area contributed by atoms with Gasteiger partial charge in [-0.1, -0.05) is 0 Å². The number of carbonyl (C=O) groups excluding carboxylic acids is 1. The smallest absolute Gasteiger partial charge is 0.290 e. The Bertz CT molecular complexity index is 178. The highest BCUT2D eigenvalue weighted by atomic mass is 16.1. The van der Waals surface area contributed by atoms with Crippen LogP contribution in [0.4, 0.5) is 0 Å². The van der Waals surface area contributed by atoms with Crippen LogP contribution in [0, 0.1) is 0 Å².